The molecule has 0 spiro atoms. The molecule has 102 valence electrons. The highest BCUT2D eigenvalue weighted by molar-refractivity contribution is 14.1. The summed E-state index contributed by atoms with van der Waals surface area (Å²) in [7, 11) is 0. The number of nitrogens with one attached hydrogen (secondary N) is 1. The highest BCUT2D eigenvalue weighted by atomic mass is 127. The molecule has 0 aliphatic carbocycles. The Hall–Kier alpha value is -0.550. The predicted octanol–water partition coefficient (Wildman–Crippen LogP) is 5.57. The third-order valence-electron chi connectivity index (χ3n) is 3.04. The molecule has 3 heteroatoms. The van der Waals surface area contributed by atoms with Gasteiger partial charge in [-0.1, -0.05) is 26.8 Å². The zero-order valence-electron chi connectivity index (χ0n) is 11.9. The molecule has 1 heterocycles. The van der Waals surface area contributed by atoms with Crippen molar-refractivity contribution in [2.75, 3.05) is 5.32 Å². The molecule has 1 aromatic heterocycles. The van der Waals surface area contributed by atoms with E-state index >= 15 is 0 Å². The quantitative estimate of drug-likeness (QED) is 0.681. The smallest absolute Gasteiger partial charge is 0.0494 e. The molecule has 2 aromatic rings. The fourth-order valence-electron chi connectivity index (χ4n) is 1.77. The van der Waals surface area contributed by atoms with Crippen LogP contribution in [0, 0.1) is 10.5 Å². The Kier molecular flexibility index (Phi) is 4.56. The van der Waals surface area contributed by atoms with Gasteiger partial charge in [0.15, 0.2) is 0 Å². The minimum Gasteiger partial charge on any atom is -0.380 e. The van der Waals surface area contributed by atoms with Crippen LogP contribution in [0.2, 0.25) is 0 Å². The van der Waals surface area contributed by atoms with E-state index < -0.39 is 0 Å². The topological polar surface area (TPSA) is 12.0 Å². The van der Waals surface area contributed by atoms with E-state index in [2.05, 4.69) is 85.9 Å². The highest BCUT2D eigenvalue weighted by Crippen LogP contribution is 2.29. The summed E-state index contributed by atoms with van der Waals surface area (Å²) in [6.07, 6.45) is 0. The van der Waals surface area contributed by atoms with Gasteiger partial charge in [-0.25, -0.2) is 0 Å². The molecule has 1 nitrogen and oxygen atoms in total. The van der Waals surface area contributed by atoms with Crippen molar-refractivity contribution in [2.45, 2.75) is 39.7 Å². The molecule has 0 aliphatic heterocycles. The fourth-order valence-corrected chi connectivity index (χ4v) is 3.29. The van der Waals surface area contributed by atoms with Crippen molar-refractivity contribution in [3.63, 3.8) is 0 Å². The van der Waals surface area contributed by atoms with Gasteiger partial charge < -0.3 is 5.32 Å². The number of aryl methyl sites for hydroxylation is 1. The minimum atomic E-state index is 0.252. The van der Waals surface area contributed by atoms with Crippen molar-refractivity contribution in [2.24, 2.45) is 0 Å². The Balaban J connectivity index is 2.02. The molecular weight excluding hydrogens is 365 g/mol. The fraction of sp³-hybridized carbons (Fsp3) is 0.375. The van der Waals surface area contributed by atoms with Crippen LogP contribution in [-0.2, 0) is 12.0 Å². The van der Waals surface area contributed by atoms with E-state index in [-0.39, 0.29) is 5.41 Å². The normalized spacial score (nSPS) is 11.6. The van der Waals surface area contributed by atoms with Crippen molar-refractivity contribution < 1.29 is 0 Å². The van der Waals surface area contributed by atoms with E-state index in [0.29, 0.717) is 0 Å². The lowest BCUT2D eigenvalue weighted by Crippen LogP contribution is -2.07. The third-order valence-corrected chi connectivity index (χ3v) is 5.71. The monoisotopic (exact) mass is 385 g/mol. The number of halogens is 1. The second kappa shape index (κ2) is 5.83. The molecule has 1 aromatic carbocycles. The number of thiophene rings is 1. The van der Waals surface area contributed by atoms with Crippen molar-refractivity contribution in [3.05, 3.63) is 49.2 Å². The van der Waals surface area contributed by atoms with Gasteiger partial charge in [0.25, 0.3) is 0 Å². The molecule has 0 unspecified atom stereocenters. The van der Waals surface area contributed by atoms with Gasteiger partial charge in [0.05, 0.1) is 0 Å². The summed E-state index contributed by atoms with van der Waals surface area (Å²) in [5.74, 6) is 0. The Bertz CT molecular complexity index is 566. The summed E-state index contributed by atoms with van der Waals surface area (Å²) in [5, 5.41) is 3.50. The predicted molar refractivity (Wildman–Crippen MR) is 94.2 cm³/mol. The number of rotatable bonds is 3. The Labute approximate surface area is 133 Å². The molecule has 0 atom stereocenters. The number of benzene rings is 1. The van der Waals surface area contributed by atoms with Gasteiger partial charge in [-0.3, -0.25) is 0 Å². The van der Waals surface area contributed by atoms with Crippen molar-refractivity contribution in [1.29, 1.82) is 0 Å². The molecule has 0 aliphatic rings. The maximum Gasteiger partial charge on any atom is 0.0494 e. The molecular formula is C16H20INS. The minimum absolute atomic E-state index is 0.252. The second-order valence-electron chi connectivity index (χ2n) is 5.83. The zero-order valence-corrected chi connectivity index (χ0v) is 14.9. The molecule has 0 saturated heterocycles. The Morgan fingerprint density at radius 3 is 2.47 bits per heavy atom. The largest absolute Gasteiger partial charge is 0.380 e. The van der Waals surface area contributed by atoms with Crippen molar-refractivity contribution >= 4 is 39.6 Å². The maximum absolute atomic E-state index is 3.50. The Morgan fingerprint density at radius 2 is 1.89 bits per heavy atom. The van der Waals surface area contributed by atoms with Crippen molar-refractivity contribution in [3.8, 4) is 0 Å². The van der Waals surface area contributed by atoms with E-state index in [1.807, 2.05) is 11.3 Å². The summed E-state index contributed by atoms with van der Waals surface area (Å²) in [5.41, 5.74) is 2.78. The van der Waals surface area contributed by atoms with E-state index in [4.69, 9.17) is 0 Å². The van der Waals surface area contributed by atoms with Crippen LogP contribution in [0.4, 0.5) is 5.69 Å². The molecule has 0 fully saturated rings. The van der Waals surface area contributed by atoms with Crippen LogP contribution in [0.3, 0.4) is 0 Å². The molecule has 0 bridgehead atoms. The molecule has 2 rings (SSSR count). The van der Waals surface area contributed by atoms with Crippen LogP contribution in [-0.4, -0.2) is 0 Å². The van der Waals surface area contributed by atoms with Gasteiger partial charge in [0.2, 0.25) is 0 Å². The second-order valence-corrected chi connectivity index (χ2v) is 8.16. The van der Waals surface area contributed by atoms with Gasteiger partial charge in [0, 0.05) is 25.6 Å². The lowest BCUT2D eigenvalue weighted by atomic mass is 9.95. The third kappa shape index (κ3) is 3.96. The van der Waals surface area contributed by atoms with Gasteiger partial charge in [-0.2, -0.15) is 0 Å². The Morgan fingerprint density at radius 1 is 1.16 bits per heavy atom. The van der Waals surface area contributed by atoms with Crippen LogP contribution in [0.5, 0.6) is 0 Å². The number of hydrogen-bond donors (Lipinski definition) is 1. The summed E-state index contributed by atoms with van der Waals surface area (Å²) in [6, 6.07) is 11.0. The van der Waals surface area contributed by atoms with Crippen LogP contribution >= 0.6 is 33.9 Å². The molecule has 0 saturated carbocycles. The van der Waals surface area contributed by atoms with E-state index in [1.165, 1.54) is 24.6 Å². The first kappa shape index (κ1) is 14.9. The lowest BCUT2D eigenvalue weighted by Gasteiger charge is -2.15. The highest BCUT2D eigenvalue weighted by Gasteiger charge is 2.15. The summed E-state index contributed by atoms with van der Waals surface area (Å²) in [4.78, 5) is 2.84. The first-order chi connectivity index (χ1) is 8.86. The number of anilines is 1. The van der Waals surface area contributed by atoms with Gasteiger partial charge in [0.1, 0.15) is 0 Å². The first-order valence-electron chi connectivity index (χ1n) is 6.45. The van der Waals surface area contributed by atoms with E-state index in [1.54, 1.807) is 0 Å². The van der Waals surface area contributed by atoms with E-state index in [0.717, 1.165) is 6.54 Å². The maximum atomic E-state index is 3.50. The van der Waals surface area contributed by atoms with Crippen LogP contribution in [0.1, 0.15) is 36.1 Å². The van der Waals surface area contributed by atoms with Crippen LogP contribution in [0.15, 0.2) is 30.3 Å². The first-order valence-corrected chi connectivity index (χ1v) is 8.35. The average molecular weight is 385 g/mol. The molecule has 19 heavy (non-hydrogen) atoms. The lowest BCUT2D eigenvalue weighted by molar-refractivity contribution is 0.604. The summed E-state index contributed by atoms with van der Waals surface area (Å²) < 4.78 is 1.31. The molecule has 0 amide bonds. The van der Waals surface area contributed by atoms with Crippen molar-refractivity contribution in [1.82, 2.24) is 0 Å². The molecule has 1 N–H and O–H groups in total. The standard InChI is InChI=1S/C16H20INS/c1-11-5-6-12(9-14(11)17)18-10-13-7-8-15(19-13)16(2,3)4/h5-9,18H,10H2,1-4H3. The van der Waals surface area contributed by atoms with Crippen LogP contribution < -0.4 is 5.32 Å². The van der Waals surface area contributed by atoms with E-state index in [9.17, 15) is 0 Å². The van der Waals surface area contributed by atoms with Gasteiger partial charge in [-0.15, -0.1) is 11.3 Å². The zero-order chi connectivity index (χ0) is 14.0. The average Bonchev–Trinajstić information content (AvgIpc) is 2.79. The van der Waals surface area contributed by atoms with Gasteiger partial charge >= 0.3 is 0 Å². The number of hydrogen-bond acceptors (Lipinski definition) is 2. The summed E-state index contributed by atoms with van der Waals surface area (Å²) >= 11 is 4.28. The summed E-state index contributed by atoms with van der Waals surface area (Å²) in [6.45, 7) is 9.83. The van der Waals surface area contributed by atoms with Gasteiger partial charge in [-0.05, 0) is 64.8 Å². The SMILES string of the molecule is Cc1ccc(NCc2ccc(C(C)(C)C)s2)cc1I. The molecule has 0 radical (unpaired) electrons. The van der Waals surface area contributed by atoms with Crippen LogP contribution in [0.25, 0.3) is 0 Å².